The van der Waals surface area contributed by atoms with Gasteiger partial charge in [0, 0.05) is 16.7 Å². The van der Waals surface area contributed by atoms with Crippen LogP contribution in [-0.2, 0) is 9.57 Å². The first kappa shape index (κ1) is 21.4. The summed E-state index contributed by atoms with van der Waals surface area (Å²) in [6.07, 6.45) is 2.26. The lowest BCUT2D eigenvalue weighted by Crippen LogP contribution is -2.14. The fraction of sp³-hybridized carbons (Fsp3) is 0.182. The molecule has 0 radical (unpaired) electrons. The summed E-state index contributed by atoms with van der Waals surface area (Å²) in [5.74, 6) is 0.419. The average molecular weight is 429 g/mol. The minimum atomic E-state index is -0.447. The predicted molar refractivity (Wildman–Crippen MR) is 113 cm³/mol. The lowest BCUT2D eigenvalue weighted by molar-refractivity contribution is 0.0600. The molecule has 1 N–H and O–H groups in total. The summed E-state index contributed by atoms with van der Waals surface area (Å²) in [5.41, 5.74) is 5.12. The van der Waals surface area contributed by atoms with E-state index in [1.807, 2.05) is 19.1 Å². The van der Waals surface area contributed by atoms with E-state index in [2.05, 4.69) is 10.6 Å². The molecular weight excluding hydrogens is 408 g/mol. The first-order valence-electron chi connectivity index (χ1n) is 9.26. The number of esters is 1. The van der Waals surface area contributed by atoms with Crippen LogP contribution in [0.2, 0.25) is 5.02 Å². The minimum absolute atomic E-state index is 0.379. The van der Waals surface area contributed by atoms with Gasteiger partial charge in [-0.05, 0) is 36.8 Å². The van der Waals surface area contributed by atoms with E-state index in [4.69, 9.17) is 30.4 Å². The molecule has 0 amide bonds. The molecular formula is C22H21ClN2O5. The van der Waals surface area contributed by atoms with Gasteiger partial charge >= 0.3 is 5.97 Å². The standard InChI is InChI=1S/C22H21ClN2O5/c1-3-11-29-24-20(14-28-18-6-4-5-16(12-18)22(26)27-2)21-13-19(25-30-21)15-7-9-17(23)10-8-15/h4-10,12-14,24H,3,11H2,1-2H3. The number of halogens is 1. The summed E-state index contributed by atoms with van der Waals surface area (Å²) in [5, 5.41) is 4.74. The third-order valence-corrected chi connectivity index (χ3v) is 4.22. The normalized spacial score (nSPS) is 11.2. The van der Waals surface area contributed by atoms with Gasteiger partial charge in [0.1, 0.15) is 23.4 Å². The molecule has 3 aromatic rings. The van der Waals surface area contributed by atoms with Crippen molar-refractivity contribution >= 4 is 23.3 Å². The zero-order valence-corrected chi connectivity index (χ0v) is 17.3. The molecule has 1 heterocycles. The highest BCUT2D eigenvalue weighted by molar-refractivity contribution is 6.30. The number of benzene rings is 2. The molecule has 30 heavy (non-hydrogen) atoms. The Kier molecular flexibility index (Phi) is 7.48. The Labute approximate surface area is 179 Å². The number of carbonyl (C=O) groups excluding carboxylic acids is 1. The number of aromatic nitrogens is 1. The Bertz CT molecular complexity index is 1010. The van der Waals surface area contributed by atoms with Crippen LogP contribution in [0.5, 0.6) is 5.75 Å². The van der Waals surface area contributed by atoms with E-state index in [1.165, 1.54) is 13.4 Å². The SMILES string of the molecule is CCCONC(=COc1cccc(C(=O)OC)c1)c1cc(-c2ccc(Cl)cc2)no1. The maximum absolute atomic E-state index is 11.7. The zero-order valence-electron chi connectivity index (χ0n) is 16.6. The molecule has 0 aliphatic carbocycles. The highest BCUT2D eigenvalue weighted by Crippen LogP contribution is 2.24. The van der Waals surface area contributed by atoms with Crippen LogP contribution in [0.25, 0.3) is 17.0 Å². The van der Waals surface area contributed by atoms with E-state index in [9.17, 15) is 4.79 Å². The summed E-state index contributed by atoms with van der Waals surface area (Å²) in [6, 6.07) is 15.6. The molecule has 0 atom stereocenters. The number of hydrogen-bond donors (Lipinski definition) is 1. The van der Waals surface area contributed by atoms with Crippen molar-refractivity contribution in [3.63, 3.8) is 0 Å². The van der Waals surface area contributed by atoms with Crippen LogP contribution >= 0.6 is 11.6 Å². The summed E-state index contributed by atoms with van der Waals surface area (Å²) in [6.45, 7) is 2.49. The van der Waals surface area contributed by atoms with Gasteiger partial charge in [0.2, 0.25) is 0 Å². The maximum atomic E-state index is 11.7. The third kappa shape index (κ3) is 5.62. The molecule has 0 fully saturated rings. The lowest BCUT2D eigenvalue weighted by atomic mass is 10.1. The number of nitrogens with zero attached hydrogens (tertiary/aromatic N) is 1. The van der Waals surface area contributed by atoms with E-state index in [0.29, 0.717) is 40.1 Å². The first-order valence-corrected chi connectivity index (χ1v) is 9.64. The lowest BCUT2D eigenvalue weighted by Gasteiger charge is -2.09. The van der Waals surface area contributed by atoms with Gasteiger partial charge < -0.3 is 14.0 Å². The number of methoxy groups -OCH3 is 1. The van der Waals surface area contributed by atoms with Crippen molar-refractivity contribution in [2.24, 2.45) is 0 Å². The second-order valence-electron chi connectivity index (χ2n) is 6.20. The van der Waals surface area contributed by atoms with Crippen molar-refractivity contribution in [3.8, 4) is 17.0 Å². The van der Waals surface area contributed by atoms with Crippen LogP contribution in [0.3, 0.4) is 0 Å². The molecule has 3 rings (SSSR count). The Morgan fingerprint density at radius 1 is 1.20 bits per heavy atom. The number of hydrogen-bond acceptors (Lipinski definition) is 7. The second kappa shape index (κ2) is 10.5. The third-order valence-electron chi connectivity index (χ3n) is 3.97. The van der Waals surface area contributed by atoms with E-state index >= 15 is 0 Å². The van der Waals surface area contributed by atoms with Crippen molar-refractivity contribution in [1.82, 2.24) is 10.6 Å². The van der Waals surface area contributed by atoms with Crippen LogP contribution in [0.1, 0.15) is 29.5 Å². The number of nitrogens with one attached hydrogen (secondary N) is 1. The van der Waals surface area contributed by atoms with Crippen molar-refractivity contribution in [2.75, 3.05) is 13.7 Å². The van der Waals surface area contributed by atoms with Crippen molar-refractivity contribution in [2.45, 2.75) is 13.3 Å². The van der Waals surface area contributed by atoms with Gasteiger partial charge in [0.15, 0.2) is 5.76 Å². The minimum Gasteiger partial charge on any atom is -0.465 e. The molecule has 0 saturated heterocycles. The molecule has 0 aliphatic heterocycles. The molecule has 1 aromatic heterocycles. The van der Waals surface area contributed by atoms with Gasteiger partial charge in [-0.25, -0.2) is 4.79 Å². The number of hydroxylamine groups is 1. The molecule has 2 aromatic carbocycles. The zero-order chi connectivity index (χ0) is 21.3. The van der Waals surface area contributed by atoms with Crippen LogP contribution < -0.4 is 10.2 Å². The Morgan fingerprint density at radius 3 is 2.73 bits per heavy atom. The van der Waals surface area contributed by atoms with Crippen LogP contribution in [-0.4, -0.2) is 24.8 Å². The van der Waals surface area contributed by atoms with E-state index in [0.717, 1.165) is 12.0 Å². The van der Waals surface area contributed by atoms with Crippen molar-refractivity contribution in [1.29, 1.82) is 0 Å². The highest BCUT2D eigenvalue weighted by Gasteiger charge is 2.13. The Balaban J connectivity index is 1.82. The van der Waals surface area contributed by atoms with Gasteiger partial charge in [-0.3, -0.25) is 10.3 Å². The van der Waals surface area contributed by atoms with E-state index in [1.54, 1.807) is 42.5 Å². The van der Waals surface area contributed by atoms with E-state index < -0.39 is 5.97 Å². The molecule has 0 saturated carbocycles. The van der Waals surface area contributed by atoms with Gasteiger partial charge in [0.05, 0.1) is 19.3 Å². The van der Waals surface area contributed by atoms with Crippen molar-refractivity contribution < 1.29 is 23.6 Å². The van der Waals surface area contributed by atoms with Gasteiger partial charge in [-0.15, -0.1) is 0 Å². The topological polar surface area (TPSA) is 82.8 Å². The molecule has 156 valence electrons. The smallest absolute Gasteiger partial charge is 0.337 e. The quantitative estimate of drug-likeness (QED) is 0.220. The maximum Gasteiger partial charge on any atom is 0.337 e. The van der Waals surface area contributed by atoms with Crippen molar-refractivity contribution in [3.05, 3.63) is 77.2 Å². The Hall–Kier alpha value is -3.29. The van der Waals surface area contributed by atoms with Gasteiger partial charge in [-0.2, -0.15) is 0 Å². The largest absolute Gasteiger partial charge is 0.465 e. The number of carbonyl (C=O) groups is 1. The predicted octanol–water partition coefficient (Wildman–Crippen LogP) is 5.09. The van der Waals surface area contributed by atoms with Crippen LogP contribution in [0, 0.1) is 0 Å². The second-order valence-corrected chi connectivity index (χ2v) is 6.64. The molecule has 0 aliphatic rings. The number of rotatable bonds is 9. The van der Waals surface area contributed by atoms with Crippen LogP contribution in [0.4, 0.5) is 0 Å². The van der Waals surface area contributed by atoms with Gasteiger partial charge in [-0.1, -0.05) is 41.9 Å². The van der Waals surface area contributed by atoms with E-state index in [-0.39, 0.29) is 0 Å². The summed E-state index contributed by atoms with van der Waals surface area (Å²) in [4.78, 5) is 17.1. The molecule has 0 spiro atoms. The summed E-state index contributed by atoms with van der Waals surface area (Å²) in [7, 11) is 1.32. The fourth-order valence-electron chi connectivity index (χ4n) is 2.46. The summed E-state index contributed by atoms with van der Waals surface area (Å²) >= 11 is 5.94. The Morgan fingerprint density at radius 2 is 2.00 bits per heavy atom. The van der Waals surface area contributed by atoms with Crippen LogP contribution in [0.15, 0.2) is 65.4 Å². The molecule has 0 bridgehead atoms. The molecule has 0 unspecified atom stereocenters. The first-order chi connectivity index (χ1) is 14.6. The average Bonchev–Trinajstić information content (AvgIpc) is 3.26. The van der Waals surface area contributed by atoms with Gasteiger partial charge in [0.25, 0.3) is 0 Å². The fourth-order valence-corrected chi connectivity index (χ4v) is 2.59. The highest BCUT2D eigenvalue weighted by atomic mass is 35.5. The monoisotopic (exact) mass is 428 g/mol. The molecule has 8 heteroatoms. The number of ether oxygens (including phenoxy) is 2. The molecule has 7 nitrogen and oxygen atoms in total. The summed E-state index contributed by atoms with van der Waals surface area (Å²) < 4.78 is 15.9.